The molecule has 0 N–H and O–H groups in total. The topological polar surface area (TPSA) is 34.1 Å². The normalized spacial score (nSPS) is 23.4. The van der Waals surface area contributed by atoms with Gasteiger partial charge < -0.3 is 0 Å². The summed E-state index contributed by atoms with van der Waals surface area (Å²) in [5.74, 6) is -0.216. The fourth-order valence-electron chi connectivity index (χ4n) is 5.01. The van der Waals surface area contributed by atoms with Gasteiger partial charge in [-0.3, -0.25) is 9.59 Å². The lowest BCUT2D eigenvalue weighted by Crippen LogP contribution is -2.41. The van der Waals surface area contributed by atoms with E-state index in [1.165, 1.54) is 19.3 Å². The largest absolute Gasteiger partial charge is 0.285 e. The second kappa shape index (κ2) is 5.68. The molecule has 128 valence electrons. The third-order valence-corrected chi connectivity index (χ3v) is 6.45. The molecule has 0 amide bonds. The summed E-state index contributed by atoms with van der Waals surface area (Å²) in [6.07, 6.45) is 4.33. The van der Waals surface area contributed by atoms with Gasteiger partial charge in [-0.25, -0.2) is 0 Å². The van der Waals surface area contributed by atoms with E-state index in [1.54, 1.807) is 6.07 Å². The van der Waals surface area contributed by atoms with Gasteiger partial charge in [0.05, 0.1) is 0 Å². The minimum absolute atomic E-state index is 0.190. The average Bonchev–Trinajstić information content (AvgIpc) is 2.51. The van der Waals surface area contributed by atoms with Crippen LogP contribution in [0.4, 0.5) is 0 Å². The van der Waals surface area contributed by atoms with Crippen molar-refractivity contribution in [2.75, 3.05) is 0 Å². The number of hydrogen-bond donors (Lipinski definition) is 0. The number of benzene rings is 1. The van der Waals surface area contributed by atoms with Crippen LogP contribution >= 0.6 is 0 Å². The van der Waals surface area contributed by atoms with Crippen molar-refractivity contribution in [1.82, 2.24) is 0 Å². The maximum absolute atomic E-state index is 12.8. The van der Waals surface area contributed by atoms with Crippen molar-refractivity contribution in [3.63, 3.8) is 0 Å². The van der Waals surface area contributed by atoms with Crippen molar-refractivity contribution >= 4 is 17.1 Å². The number of Topliss-reactive ketones (excluding diaryl/α,β-unsaturated/α-hetero) is 2. The van der Waals surface area contributed by atoms with Crippen molar-refractivity contribution in [2.45, 2.75) is 60.3 Å². The Bertz CT molecular complexity index is 718. The highest BCUT2D eigenvalue weighted by Crippen LogP contribution is 2.54. The van der Waals surface area contributed by atoms with Crippen LogP contribution in [0.2, 0.25) is 0 Å². The minimum Gasteiger partial charge on any atom is -0.285 e. The Hall–Kier alpha value is -1.70. The standard InChI is InChI=1S/C22H28O2/c1-14-15-9-6-7-10-16(15)19(23)20(24)17(14)13-18-21(2,3)11-8-12-22(18,4)5/h6-7,9-10,18H,8,11-13H2,1-5H3. The fourth-order valence-corrected chi connectivity index (χ4v) is 5.01. The molecular weight excluding hydrogens is 296 g/mol. The molecule has 1 aromatic rings. The quantitative estimate of drug-likeness (QED) is 0.676. The maximum atomic E-state index is 12.8. The van der Waals surface area contributed by atoms with E-state index in [-0.39, 0.29) is 22.4 Å². The van der Waals surface area contributed by atoms with Crippen LogP contribution in [0.25, 0.3) is 5.57 Å². The Balaban J connectivity index is 2.05. The Morgan fingerprint density at radius 3 is 2.04 bits per heavy atom. The van der Waals surface area contributed by atoms with Crippen molar-refractivity contribution in [3.05, 3.63) is 41.0 Å². The molecule has 2 aliphatic carbocycles. The predicted octanol–water partition coefficient (Wildman–Crippen LogP) is 5.47. The Morgan fingerprint density at radius 2 is 1.46 bits per heavy atom. The van der Waals surface area contributed by atoms with E-state index < -0.39 is 0 Å². The Kier molecular flexibility index (Phi) is 4.06. The van der Waals surface area contributed by atoms with E-state index >= 15 is 0 Å². The van der Waals surface area contributed by atoms with E-state index in [0.29, 0.717) is 17.9 Å². The van der Waals surface area contributed by atoms with Crippen molar-refractivity contribution in [2.24, 2.45) is 16.7 Å². The number of carbonyl (C=O) groups excluding carboxylic acids is 2. The van der Waals surface area contributed by atoms with Gasteiger partial charge in [0.2, 0.25) is 11.6 Å². The molecule has 3 rings (SSSR count). The highest BCUT2D eigenvalue weighted by Gasteiger charge is 2.45. The smallest absolute Gasteiger partial charge is 0.233 e. The van der Waals surface area contributed by atoms with Crippen LogP contribution in [0.5, 0.6) is 0 Å². The van der Waals surface area contributed by atoms with Crippen LogP contribution in [0.15, 0.2) is 29.8 Å². The van der Waals surface area contributed by atoms with Gasteiger partial charge >= 0.3 is 0 Å². The molecule has 0 aliphatic heterocycles. The predicted molar refractivity (Wildman–Crippen MR) is 97.9 cm³/mol. The minimum atomic E-state index is -0.336. The molecule has 1 fully saturated rings. The zero-order valence-electron chi connectivity index (χ0n) is 15.5. The first-order valence-corrected chi connectivity index (χ1v) is 9.03. The summed E-state index contributed by atoms with van der Waals surface area (Å²) >= 11 is 0. The molecule has 2 nitrogen and oxygen atoms in total. The zero-order chi connectivity index (χ0) is 17.7. The number of carbonyl (C=O) groups is 2. The van der Waals surface area contributed by atoms with Gasteiger partial charge in [0.1, 0.15) is 0 Å². The summed E-state index contributed by atoms with van der Waals surface area (Å²) in [7, 11) is 0. The summed E-state index contributed by atoms with van der Waals surface area (Å²) in [6.45, 7) is 11.3. The zero-order valence-corrected chi connectivity index (χ0v) is 15.5. The number of ketones is 2. The van der Waals surface area contributed by atoms with Gasteiger partial charge in [0.25, 0.3) is 0 Å². The second-order valence-electron chi connectivity index (χ2n) is 8.89. The van der Waals surface area contributed by atoms with Gasteiger partial charge in [0, 0.05) is 11.1 Å². The molecule has 2 aliphatic rings. The molecule has 2 heteroatoms. The van der Waals surface area contributed by atoms with Crippen LogP contribution < -0.4 is 0 Å². The SMILES string of the molecule is CC1=C(CC2C(C)(C)CCCC2(C)C)C(=O)C(=O)c2ccccc21. The van der Waals surface area contributed by atoms with Crippen LogP contribution in [-0.2, 0) is 4.79 Å². The third-order valence-electron chi connectivity index (χ3n) is 6.45. The van der Waals surface area contributed by atoms with E-state index in [0.717, 1.165) is 16.7 Å². The maximum Gasteiger partial charge on any atom is 0.233 e. The molecule has 0 spiro atoms. The highest BCUT2D eigenvalue weighted by atomic mass is 16.2. The highest BCUT2D eigenvalue weighted by molar-refractivity contribution is 6.52. The summed E-state index contributed by atoms with van der Waals surface area (Å²) in [6, 6.07) is 7.50. The van der Waals surface area contributed by atoms with E-state index in [4.69, 9.17) is 0 Å². The molecule has 1 aromatic carbocycles. The van der Waals surface area contributed by atoms with E-state index in [9.17, 15) is 9.59 Å². The van der Waals surface area contributed by atoms with Gasteiger partial charge in [-0.1, -0.05) is 58.4 Å². The molecular formula is C22H28O2. The summed E-state index contributed by atoms with van der Waals surface area (Å²) in [5, 5.41) is 0. The summed E-state index contributed by atoms with van der Waals surface area (Å²) in [4.78, 5) is 25.3. The molecule has 0 atom stereocenters. The molecule has 0 heterocycles. The van der Waals surface area contributed by atoms with Crippen LogP contribution in [0.3, 0.4) is 0 Å². The molecule has 24 heavy (non-hydrogen) atoms. The van der Waals surface area contributed by atoms with Crippen molar-refractivity contribution < 1.29 is 9.59 Å². The van der Waals surface area contributed by atoms with Gasteiger partial charge in [0.15, 0.2) is 0 Å². The molecule has 0 bridgehead atoms. The number of fused-ring (bicyclic) bond motifs is 1. The number of hydrogen-bond acceptors (Lipinski definition) is 2. The first-order chi connectivity index (χ1) is 11.1. The number of rotatable bonds is 2. The van der Waals surface area contributed by atoms with E-state index in [1.807, 2.05) is 25.1 Å². The molecule has 0 unspecified atom stereocenters. The first kappa shape index (κ1) is 17.1. The van der Waals surface area contributed by atoms with Crippen LogP contribution in [-0.4, -0.2) is 11.6 Å². The monoisotopic (exact) mass is 324 g/mol. The molecule has 0 aromatic heterocycles. The van der Waals surface area contributed by atoms with Crippen molar-refractivity contribution in [3.8, 4) is 0 Å². The lowest BCUT2D eigenvalue weighted by molar-refractivity contribution is -0.112. The van der Waals surface area contributed by atoms with Crippen molar-refractivity contribution in [1.29, 1.82) is 0 Å². The van der Waals surface area contributed by atoms with Crippen LogP contribution in [0.1, 0.15) is 76.2 Å². The lowest BCUT2D eigenvalue weighted by atomic mass is 9.55. The first-order valence-electron chi connectivity index (χ1n) is 9.03. The molecule has 1 saturated carbocycles. The second-order valence-corrected chi connectivity index (χ2v) is 8.89. The van der Waals surface area contributed by atoms with E-state index in [2.05, 4.69) is 27.7 Å². The molecule has 0 saturated heterocycles. The number of allylic oxidation sites excluding steroid dienone is 2. The molecule has 0 radical (unpaired) electrons. The lowest BCUT2D eigenvalue weighted by Gasteiger charge is -2.50. The van der Waals surface area contributed by atoms with Gasteiger partial charge in [-0.2, -0.15) is 0 Å². The third kappa shape index (κ3) is 2.66. The Labute approximate surface area is 145 Å². The van der Waals surface area contributed by atoms with Gasteiger partial charge in [-0.15, -0.1) is 0 Å². The summed E-state index contributed by atoms with van der Waals surface area (Å²) in [5.41, 5.74) is 3.61. The average molecular weight is 324 g/mol. The summed E-state index contributed by atoms with van der Waals surface area (Å²) < 4.78 is 0. The van der Waals surface area contributed by atoms with Gasteiger partial charge in [-0.05, 0) is 54.1 Å². The van der Waals surface area contributed by atoms with Crippen LogP contribution in [0, 0.1) is 16.7 Å². The Morgan fingerprint density at radius 1 is 0.917 bits per heavy atom. The fraction of sp³-hybridized carbons (Fsp3) is 0.545.